The van der Waals surface area contributed by atoms with Gasteiger partial charge >= 0.3 is 0 Å². The molecule has 1 unspecified atom stereocenters. The third kappa shape index (κ3) is 2.76. The van der Waals surface area contributed by atoms with Gasteiger partial charge < -0.3 is 15.0 Å². The van der Waals surface area contributed by atoms with Gasteiger partial charge in [-0.05, 0) is 43.4 Å². The number of dihydropyridines is 1. The molecular weight excluding hydrogens is 320 g/mol. The Morgan fingerprint density at radius 3 is 2.52 bits per heavy atom. The van der Waals surface area contributed by atoms with Crippen LogP contribution in [0.2, 0.25) is 0 Å². The summed E-state index contributed by atoms with van der Waals surface area (Å²) in [5, 5.41) is 12.5. The number of aliphatic hydroxyl groups excluding tert-OH is 1. The number of nitrogens with zero attached hydrogens (tertiary/aromatic N) is 1. The van der Waals surface area contributed by atoms with E-state index in [0.29, 0.717) is 23.6 Å². The third-order valence-corrected chi connectivity index (χ3v) is 4.68. The molecule has 1 aliphatic carbocycles. The lowest BCUT2D eigenvalue weighted by Crippen LogP contribution is -2.42. The van der Waals surface area contributed by atoms with Gasteiger partial charge in [-0.1, -0.05) is 13.8 Å². The minimum Gasteiger partial charge on any atom is -0.370 e. The predicted molar refractivity (Wildman–Crippen MR) is 93.5 cm³/mol. The van der Waals surface area contributed by atoms with E-state index in [9.17, 15) is 19.5 Å². The first-order valence-corrected chi connectivity index (χ1v) is 8.43. The highest BCUT2D eigenvalue weighted by Crippen LogP contribution is 2.32. The van der Waals surface area contributed by atoms with Gasteiger partial charge in [0.25, 0.3) is 5.56 Å². The molecule has 1 atom stereocenters. The van der Waals surface area contributed by atoms with Gasteiger partial charge in [0.15, 0.2) is 5.78 Å². The number of rotatable bonds is 3. The summed E-state index contributed by atoms with van der Waals surface area (Å²) in [6.07, 6.45) is 1.19. The first-order valence-electron chi connectivity index (χ1n) is 8.43. The SMILES string of the molecule is CC1=CC(O)NC2=C1C(=O)c1c(C)cc(=O)n(CCC(C)C)c1C2=O. The van der Waals surface area contributed by atoms with Crippen molar-refractivity contribution in [3.05, 3.63) is 56.2 Å². The van der Waals surface area contributed by atoms with E-state index in [1.807, 2.05) is 13.8 Å². The van der Waals surface area contributed by atoms with Crippen molar-refractivity contribution in [3.8, 4) is 0 Å². The van der Waals surface area contributed by atoms with Crippen molar-refractivity contribution in [2.75, 3.05) is 0 Å². The molecule has 0 radical (unpaired) electrons. The van der Waals surface area contributed by atoms with E-state index >= 15 is 0 Å². The van der Waals surface area contributed by atoms with Crippen molar-refractivity contribution in [3.63, 3.8) is 0 Å². The van der Waals surface area contributed by atoms with Crippen LogP contribution in [-0.2, 0) is 6.54 Å². The fourth-order valence-corrected chi connectivity index (χ4v) is 3.39. The van der Waals surface area contributed by atoms with Gasteiger partial charge in [-0.2, -0.15) is 0 Å². The normalized spacial score (nSPS) is 19.6. The summed E-state index contributed by atoms with van der Waals surface area (Å²) < 4.78 is 1.40. The third-order valence-electron chi connectivity index (χ3n) is 4.68. The number of aromatic nitrogens is 1. The second kappa shape index (κ2) is 6.11. The average Bonchev–Trinajstić information content (AvgIpc) is 2.50. The van der Waals surface area contributed by atoms with Crippen LogP contribution in [0.5, 0.6) is 0 Å². The van der Waals surface area contributed by atoms with Crippen LogP contribution in [0.1, 0.15) is 53.6 Å². The number of carbonyl (C=O) groups is 2. The van der Waals surface area contributed by atoms with Crippen molar-refractivity contribution >= 4 is 11.6 Å². The topological polar surface area (TPSA) is 88.4 Å². The Morgan fingerprint density at radius 2 is 1.88 bits per heavy atom. The Bertz CT molecular complexity index is 903. The van der Waals surface area contributed by atoms with Crippen LogP contribution in [0.3, 0.4) is 0 Å². The van der Waals surface area contributed by atoms with E-state index < -0.39 is 12.0 Å². The quantitative estimate of drug-likeness (QED) is 0.873. The molecule has 0 saturated carbocycles. The highest BCUT2D eigenvalue weighted by molar-refractivity contribution is 6.28. The standard InChI is InChI=1S/C19H22N2O4/c1-9(2)5-6-21-13(23)8-11(4)15-17(21)19(25)16-14(18(15)24)10(3)7-12(22)20-16/h7-9,12,20,22H,5-6H2,1-4H3. The van der Waals surface area contributed by atoms with Crippen LogP contribution in [-0.4, -0.2) is 27.5 Å². The number of allylic oxidation sites excluding steroid dienone is 3. The van der Waals surface area contributed by atoms with E-state index in [4.69, 9.17) is 0 Å². The van der Waals surface area contributed by atoms with Crippen LogP contribution in [0.4, 0.5) is 0 Å². The summed E-state index contributed by atoms with van der Waals surface area (Å²) in [5.41, 5.74) is 1.55. The van der Waals surface area contributed by atoms with Crippen molar-refractivity contribution < 1.29 is 14.7 Å². The number of aryl methyl sites for hydroxylation is 1. The maximum absolute atomic E-state index is 13.1. The smallest absolute Gasteiger partial charge is 0.251 e. The monoisotopic (exact) mass is 342 g/mol. The molecule has 0 amide bonds. The van der Waals surface area contributed by atoms with E-state index in [-0.39, 0.29) is 33.9 Å². The fourth-order valence-electron chi connectivity index (χ4n) is 3.39. The Morgan fingerprint density at radius 1 is 1.20 bits per heavy atom. The number of hydrogen-bond acceptors (Lipinski definition) is 5. The Kier molecular flexibility index (Phi) is 4.24. The van der Waals surface area contributed by atoms with Crippen LogP contribution >= 0.6 is 0 Å². The first-order chi connectivity index (χ1) is 11.7. The summed E-state index contributed by atoms with van der Waals surface area (Å²) in [6, 6.07) is 1.42. The largest absolute Gasteiger partial charge is 0.370 e. The molecule has 1 aromatic rings. The van der Waals surface area contributed by atoms with Crippen molar-refractivity contribution in [1.29, 1.82) is 0 Å². The average molecular weight is 342 g/mol. The van der Waals surface area contributed by atoms with Crippen molar-refractivity contribution in [1.82, 2.24) is 9.88 Å². The van der Waals surface area contributed by atoms with Crippen molar-refractivity contribution in [2.45, 2.75) is 46.9 Å². The van der Waals surface area contributed by atoms with E-state index in [1.165, 1.54) is 16.7 Å². The number of hydrogen-bond donors (Lipinski definition) is 2. The minimum atomic E-state index is -1.03. The Hall–Kier alpha value is -2.47. The predicted octanol–water partition coefficient (Wildman–Crippen LogP) is 1.70. The van der Waals surface area contributed by atoms with Gasteiger partial charge in [0, 0.05) is 12.6 Å². The Balaban J connectivity index is 2.24. The molecule has 1 aromatic heterocycles. The molecule has 0 fully saturated rings. The number of pyridine rings is 1. The van der Waals surface area contributed by atoms with Gasteiger partial charge in [-0.3, -0.25) is 14.4 Å². The molecule has 0 bridgehead atoms. The van der Waals surface area contributed by atoms with Gasteiger partial charge in [0.05, 0.1) is 16.8 Å². The fraction of sp³-hybridized carbons (Fsp3) is 0.421. The highest BCUT2D eigenvalue weighted by atomic mass is 16.3. The molecule has 2 heterocycles. The van der Waals surface area contributed by atoms with Crippen molar-refractivity contribution in [2.24, 2.45) is 5.92 Å². The molecule has 6 nitrogen and oxygen atoms in total. The number of ketones is 2. The molecular formula is C19H22N2O4. The number of aliphatic hydroxyl groups is 1. The van der Waals surface area contributed by atoms with E-state index in [0.717, 1.165) is 6.42 Å². The molecule has 0 spiro atoms. The lowest BCUT2D eigenvalue weighted by molar-refractivity contribution is 0.0940. The summed E-state index contributed by atoms with van der Waals surface area (Å²) in [7, 11) is 0. The molecule has 25 heavy (non-hydrogen) atoms. The second-order valence-electron chi connectivity index (χ2n) is 7.07. The lowest BCUT2D eigenvalue weighted by atomic mass is 9.83. The zero-order valence-electron chi connectivity index (χ0n) is 14.8. The molecule has 3 rings (SSSR count). The van der Waals surface area contributed by atoms with Gasteiger partial charge in [-0.25, -0.2) is 0 Å². The number of Topliss-reactive ketones (excluding diaryl/α,β-unsaturated/α-hetero) is 2. The highest BCUT2D eigenvalue weighted by Gasteiger charge is 2.38. The lowest BCUT2D eigenvalue weighted by Gasteiger charge is -2.30. The summed E-state index contributed by atoms with van der Waals surface area (Å²) in [5.74, 6) is -0.345. The van der Waals surface area contributed by atoms with Crippen LogP contribution in [0.25, 0.3) is 0 Å². The summed E-state index contributed by atoms with van der Waals surface area (Å²) in [4.78, 5) is 38.6. The zero-order chi connectivity index (χ0) is 18.5. The van der Waals surface area contributed by atoms with Gasteiger partial charge in [0.1, 0.15) is 11.9 Å². The van der Waals surface area contributed by atoms with E-state index in [2.05, 4.69) is 5.32 Å². The summed E-state index contributed by atoms with van der Waals surface area (Å²) >= 11 is 0. The second-order valence-corrected chi connectivity index (χ2v) is 7.07. The van der Waals surface area contributed by atoms with Crippen LogP contribution in [0, 0.1) is 12.8 Å². The van der Waals surface area contributed by atoms with E-state index in [1.54, 1.807) is 13.8 Å². The zero-order valence-corrected chi connectivity index (χ0v) is 14.8. The number of carbonyl (C=O) groups excluding carboxylic acids is 2. The number of fused-ring (bicyclic) bond motifs is 1. The molecule has 2 N–H and O–H groups in total. The molecule has 2 aliphatic rings. The maximum atomic E-state index is 13.1. The number of nitrogens with one attached hydrogen (secondary N) is 1. The van der Waals surface area contributed by atoms with Crippen LogP contribution in [0.15, 0.2) is 33.8 Å². The maximum Gasteiger partial charge on any atom is 0.251 e. The van der Waals surface area contributed by atoms with Gasteiger partial charge in [-0.15, -0.1) is 0 Å². The molecule has 132 valence electrons. The molecule has 1 aliphatic heterocycles. The minimum absolute atomic E-state index is 0.0771. The summed E-state index contributed by atoms with van der Waals surface area (Å²) in [6.45, 7) is 7.81. The molecule has 0 saturated heterocycles. The first kappa shape index (κ1) is 17.4. The van der Waals surface area contributed by atoms with Crippen LogP contribution < -0.4 is 10.9 Å². The Labute approximate surface area is 145 Å². The molecule has 0 aromatic carbocycles. The molecule has 6 heteroatoms. The van der Waals surface area contributed by atoms with Gasteiger partial charge in [0.2, 0.25) is 5.78 Å².